The number of amides is 1. The van der Waals surface area contributed by atoms with E-state index in [0.29, 0.717) is 18.5 Å². The number of hydrogen-bond donors (Lipinski definition) is 3. The van der Waals surface area contributed by atoms with E-state index in [4.69, 9.17) is 14.5 Å². The lowest BCUT2D eigenvalue weighted by Gasteiger charge is -2.39. The van der Waals surface area contributed by atoms with Crippen molar-refractivity contribution in [2.45, 2.75) is 108 Å². The molecule has 1 amide bonds. The number of piperidine rings is 1. The van der Waals surface area contributed by atoms with E-state index in [9.17, 15) is 31.2 Å². The molecule has 0 aliphatic carbocycles. The highest BCUT2D eigenvalue weighted by molar-refractivity contribution is 7.85. The van der Waals surface area contributed by atoms with E-state index in [1.165, 1.54) is 0 Å². The lowest BCUT2D eigenvalue weighted by Crippen LogP contribution is -2.51. The first-order valence-electron chi connectivity index (χ1n) is 15.0. The Balaban J connectivity index is 0.000000676. The van der Waals surface area contributed by atoms with E-state index in [-0.39, 0.29) is 34.9 Å². The van der Waals surface area contributed by atoms with Crippen LogP contribution in [0.25, 0.3) is 10.9 Å². The molecule has 10 nitrogen and oxygen atoms in total. The molecular weight excluding hydrogens is 603 g/mol. The number of carbonyl (C=O) groups excluding carboxylic acids is 1. The van der Waals surface area contributed by atoms with Gasteiger partial charge in [0.1, 0.15) is 5.56 Å². The van der Waals surface area contributed by atoms with Crippen LogP contribution in [0.15, 0.2) is 35.1 Å². The molecule has 3 heterocycles. The molecule has 2 bridgehead atoms. The van der Waals surface area contributed by atoms with Crippen LogP contribution in [0.3, 0.4) is 0 Å². The Morgan fingerprint density at radius 3 is 2.09 bits per heavy atom. The minimum Gasteiger partial charge on any atom is -0.475 e. The lowest BCUT2D eigenvalue weighted by molar-refractivity contribution is -0.192. The van der Waals surface area contributed by atoms with Crippen LogP contribution in [0, 0.1) is 0 Å². The maximum Gasteiger partial charge on any atom is 0.490 e. The largest absolute Gasteiger partial charge is 0.490 e. The van der Waals surface area contributed by atoms with Crippen LogP contribution in [-0.2, 0) is 14.9 Å². The van der Waals surface area contributed by atoms with E-state index in [2.05, 4.69) is 10.2 Å². The van der Waals surface area contributed by atoms with Crippen LogP contribution >= 0.6 is 0 Å². The van der Waals surface area contributed by atoms with Crippen molar-refractivity contribution in [1.82, 2.24) is 14.8 Å². The number of fused-ring (bicyclic) bond motifs is 3. The highest BCUT2D eigenvalue weighted by atomic mass is 32.2. The Hall–Kier alpha value is -2.97. The van der Waals surface area contributed by atoms with E-state index in [0.717, 1.165) is 75.2 Å². The fourth-order valence-electron chi connectivity index (χ4n) is 6.27. The zero-order chi connectivity index (χ0) is 32.7. The van der Waals surface area contributed by atoms with Crippen molar-refractivity contribution in [2.24, 2.45) is 0 Å². The molecule has 2 aromatic rings. The first kappa shape index (κ1) is 35.5. The third-order valence-electron chi connectivity index (χ3n) is 8.24. The summed E-state index contributed by atoms with van der Waals surface area (Å²) in [6, 6.07) is 10.4. The fourth-order valence-corrected chi connectivity index (χ4v) is 6.84. The van der Waals surface area contributed by atoms with Gasteiger partial charge in [0, 0.05) is 24.2 Å². The molecule has 4 rings (SSSR count). The number of aliphatic carboxylic acids is 1. The number of pyridine rings is 1. The van der Waals surface area contributed by atoms with Gasteiger partial charge in [-0.25, -0.2) is 4.79 Å². The topological polar surface area (TPSA) is 146 Å². The Bertz CT molecular complexity index is 1450. The smallest absolute Gasteiger partial charge is 0.475 e. The minimum atomic E-state index is -5.08. The molecule has 0 radical (unpaired) electrons. The van der Waals surface area contributed by atoms with Gasteiger partial charge < -0.3 is 15.0 Å². The number of unbranched alkanes of at least 4 members (excludes halogenated alkanes) is 5. The lowest BCUT2D eigenvalue weighted by atomic mass is 9.96. The maximum absolute atomic E-state index is 13.3. The average molecular weight is 646 g/mol. The molecule has 1 aromatic heterocycles. The number of alkyl halides is 3. The van der Waals surface area contributed by atoms with Gasteiger partial charge in [0.2, 0.25) is 0 Å². The molecule has 2 aliphatic rings. The second-order valence-corrected chi connectivity index (χ2v) is 13.4. The molecule has 0 saturated carbocycles. The highest BCUT2D eigenvalue weighted by Crippen LogP contribution is 2.36. The van der Waals surface area contributed by atoms with Gasteiger partial charge in [-0.15, -0.1) is 0 Å². The summed E-state index contributed by atoms with van der Waals surface area (Å²) < 4.78 is 63.8. The number of carboxylic acid groups (broad SMARTS) is 1. The predicted octanol–water partition coefficient (Wildman–Crippen LogP) is 5.17. The summed E-state index contributed by atoms with van der Waals surface area (Å²) in [6.07, 6.45) is 4.72. The predicted molar refractivity (Wildman–Crippen MR) is 160 cm³/mol. The number of halogens is 3. The molecule has 1 aromatic carbocycles. The van der Waals surface area contributed by atoms with Gasteiger partial charge in [-0.2, -0.15) is 21.6 Å². The molecular formula is C30H42F3N3O7S. The summed E-state index contributed by atoms with van der Waals surface area (Å²) in [7, 11) is -3.84. The number of para-hydroxylation sites is 1. The molecule has 3 atom stereocenters. The zero-order valence-corrected chi connectivity index (χ0v) is 25.9. The van der Waals surface area contributed by atoms with Crippen LogP contribution in [0.4, 0.5) is 13.2 Å². The zero-order valence-electron chi connectivity index (χ0n) is 25.1. The van der Waals surface area contributed by atoms with Crippen LogP contribution < -0.4 is 10.9 Å². The maximum atomic E-state index is 13.3. The third kappa shape index (κ3) is 10.0. The van der Waals surface area contributed by atoms with Gasteiger partial charge in [-0.1, -0.05) is 43.9 Å². The SMILES string of the molecule is CC(C)n1c(=O)c(C(=O)NC2C[C@H]3CC[C@@H](C2)N3CCCCCCCCS(=O)(=O)O)cc2ccccc21.O=C(O)C(F)(F)F. The molecule has 3 N–H and O–H groups in total. The Morgan fingerprint density at radius 2 is 1.55 bits per heavy atom. The standard InChI is InChI=1S/C28H41N3O5S.C2HF3O2/c1-20(2)31-26-12-8-7-11-21(26)17-25(28(31)33)27(32)29-22-18-23-13-14-24(19-22)30(23)15-9-5-3-4-6-10-16-37(34,35)36;3-2(4,5)1(6)7/h7-8,11-12,17,20,22-24H,3-6,9-10,13-16,18-19H2,1-2H3,(H,29,32)(H,34,35,36);(H,6,7)/t22?,23-,24+;. The molecule has 2 fully saturated rings. The number of nitrogens with one attached hydrogen (secondary N) is 1. The van der Waals surface area contributed by atoms with Gasteiger partial charge in [-0.05, 0) is 76.4 Å². The minimum absolute atomic E-state index is 0.0408. The Labute approximate surface area is 255 Å². The molecule has 246 valence electrons. The van der Waals surface area contributed by atoms with Crippen molar-refractivity contribution in [3.63, 3.8) is 0 Å². The average Bonchev–Trinajstić information content (AvgIpc) is 3.15. The van der Waals surface area contributed by atoms with Crippen molar-refractivity contribution < 1.29 is 40.8 Å². The van der Waals surface area contributed by atoms with Crippen LogP contribution in [0.1, 0.15) is 94.5 Å². The summed E-state index contributed by atoms with van der Waals surface area (Å²) >= 11 is 0. The van der Waals surface area contributed by atoms with Gasteiger partial charge in [0.25, 0.3) is 21.6 Å². The van der Waals surface area contributed by atoms with Gasteiger partial charge in [0.15, 0.2) is 0 Å². The van der Waals surface area contributed by atoms with Crippen molar-refractivity contribution in [1.29, 1.82) is 0 Å². The highest BCUT2D eigenvalue weighted by Gasteiger charge is 2.41. The second-order valence-electron chi connectivity index (χ2n) is 11.9. The molecule has 0 spiro atoms. The van der Waals surface area contributed by atoms with E-state index in [1.807, 2.05) is 38.1 Å². The second kappa shape index (κ2) is 15.3. The van der Waals surface area contributed by atoms with Crippen molar-refractivity contribution >= 4 is 32.9 Å². The summed E-state index contributed by atoms with van der Waals surface area (Å²) in [5.74, 6) is -3.17. The summed E-state index contributed by atoms with van der Waals surface area (Å²) in [4.78, 5) is 38.0. The molecule has 2 aliphatic heterocycles. The van der Waals surface area contributed by atoms with Gasteiger partial charge in [0.05, 0.1) is 11.3 Å². The van der Waals surface area contributed by atoms with Crippen molar-refractivity contribution in [3.05, 3.63) is 46.2 Å². The normalized spacial score (nSPS) is 20.4. The number of carboxylic acids is 1. The first-order chi connectivity index (χ1) is 20.6. The van der Waals surface area contributed by atoms with Crippen LogP contribution in [0.2, 0.25) is 0 Å². The fraction of sp³-hybridized carbons (Fsp3) is 0.633. The number of benzene rings is 1. The molecule has 2 saturated heterocycles. The third-order valence-corrected chi connectivity index (χ3v) is 9.04. The van der Waals surface area contributed by atoms with Crippen molar-refractivity contribution in [2.75, 3.05) is 12.3 Å². The first-order valence-corrected chi connectivity index (χ1v) is 16.7. The van der Waals surface area contributed by atoms with E-state index >= 15 is 0 Å². The molecule has 44 heavy (non-hydrogen) atoms. The summed E-state index contributed by atoms with van der Waals surface area (Å²) in [5, 5.41) is 11.2. The Morgan fingerprint density at radius 1 is 1.00 bits per heavy atom. The van der Waals surface area contributed by atoms with Crippen molar-refractivity contribution in [3.8, 4) is 0 Å². The molecule has 14 heteroatoms. The summed E-state index contributed by atoms with van der Waals surface area (Å²) in [6.45, 7) is 4.99. The van der Waals surface area contributed by atoms with Crippen LogP contribution in [0.5, 0.6) is 0 Å². The number of carbonyl (C=O) groups is 2. The number of nitrogens with zero attached hydrogens (tertiary/aromatic N) is 2. The monoisotopic (exact) mass is 645 g/mol. The molecule has 1 unspecified atom stereocenters. The quantitative estimate of drug-likeness (QED) is 0.212. The number of hydrogen-bond acceptors (Lipinski definition) is 6. The van der Waals surface area contributed by atoms with E-state index < -0.39 is 22.3 Å². The van der Waals surface area contributed by atoms with Gasteiger partial charge >= 0.3 is 12.1 Å². The van der Waals surface area contributed by atoms with Crippen LogP contribution in [-0.4, -0.2) is 76.0 Å². The number of aromatic nitrogens is 1. The number of rotatable bonds is 12. The van der Waals surface area contributed by atoms with Gasteiger partial charge in [-0.3, -0.25) is 19.0 Å². The van der Waals surface area contributed by atoms with E-state index in [1.54, 1.807) is 10.6 Å². The summed E-state index contributed by atoms with van der Waals surface area (Å²) in [5.41, 5.74) is 0.840. The Kier molecular flexibility index (Phi) is 12.4.